The molecule has 0 aliphatic rings. The van der Waals surface area contributed by atoms with E-state index >= 15 is 0 Å². The number of benzene rings is 1. The molecule has 1 aromatic rings. The predicted molar refractivity (Wildman–Crippen MR) is 75.8 cm³/mol. The second-order valence-corrected chi connectivity index (χ2v) is 5.42. The van der Waals surface area contributed by atoms with Crippen molar-refractivity contribution in [1.29, 1.82) is 0 Å². The van der Waals surface area contributed by atoms with Crippen molar-refractivity contribution in [3.8, 4) is 5.75 Å². The van der Waals surface area contributed by atoms with Gasteiger partial charge in [-0.25, -0.2) is 0 Å². The first kappa shape index (κ1) is 14.3. The highest BCUT2D eigenvalue weighted by atomic mass is 35.5. The van der Waals surface area contributed by atoms with Crippen LogP contribution in [0, 0.1) is 0 Å². The Morgan fingerprint density at radius 1 is 1.41 bits per heavy atom. The summed E-state index contributed by atoms with van der Waals surface area (Å²) in [4.78, 5) is 13.2. The highest BCUT2D eigenvalue weighted by Gasteiger charge is 2.08. The maximum absolute atomic E-state index is 11.5. The molecule has 0 radical (unpaired) electrons. The zero-order chi connectivity index (χ0) is 12.8. The van der Waals surface area contributed by atoms with E-state index in [4.69, 9.17) is 28.6 Å². The average molecular weight is 290 g/mol. The molecule has 92 valence electrons. The maximum Gasteiger partial charge on any atom is 0.321 e. The minimum Gasteiger partial charge on any atom is -0.426 e. The molecule has 0 atom stereocenters. The maximum atomic E-state index is 11.5. The van der Waals surface area contributed by atoms with Crippen molar-refractivity contribution in [1.82, 2.24) is 4.90 Å². The summed E-state index contributed by atoms with van der Waals surface area (Å²) in [5.74, 6) is 0.344. The van der Waals surface area contributed by atoms with Crippen molar-refractivity contribution in [3.63, 3.8) is 0 Å². The summed E-state index contributed by atoms with van der Waals surface area (Å²) in [5.41, 5.74) is 0. The summed E-state index contributed by atoms with van der Waals surface area (Å²) in [5, 5.41) is 0.605. The summed E-state index contributed by atoms with van der Waals surface area (Å²) in [6.45, 7) is 0. The lowest BCUT2D eigenvalue weighted by Gasteiger charge is -2.12. The minimum atomic E-state index is -0.332. The quantitative estimate of drug-likeness (QED) is 0.485. The molecular weight excluding hydrogens is 278 g/mol. The van der Waals surface area contributed by atoms with Crippen molar-refractivity contribution in [3.05, 3.63) is 29.3 Å². The van der Waals surface area contributed by atoms with Crippen molar-refractivity contribution in [2.45, 2.75) is 0 Å². The number of esters is 1. The van der Waals surface area contributed by atoms with Gasteiger partial charge in [-0.15, -0.1) is 0 Å². The lowest BCUT2D eigenvalue weighted by atomic mass is 10.3. The van der Waals surface area contributed by atoms with Gasteiger partial charge in [0.15, 0.2) is 0 Å². The molecule has 0 aromatic heterocycles. The summed E-state index contributed by atoms with van der Waals surface area (Å²) in [6.07, 6.45) is 0. The molecule has 0 N–H and O–H groups in total. The molecule has 17 heavy (non-hydrogen) atoms. The van der Waals surface area contributed by atoms with E-state index in [1.807, 2.05) is 14.1 Å². The van der Waals surface area contributed by atoms with Crippen LogP contribution in [0.15, 0.2) is 24.3 Å². The van der Waals surface area contributed by atoms with Crippen molar-refractivity contribution >= 4 is 45.9 Å². The first-order valence-corrected chi connectivity index (χ1v) is 6.56. The molecule has 1 aromatic carbocycles. The van der Waals surface area contributed by atoms with E-state index in [0.717, 1.165) is 0 Å². The molecule has 0 saturated carbocycles. The zero-order valence-corrected chi connectivity index (χ0v) is 11.9. The summed E-state index contributed by atoms with van der Waals surface area (Å²) >= 11 is 12.0. The van der Waals surface area contributed by atoms with Crippen LogP contribution < -0.4 is 4.74 Å². The normalized spacial score (nSPS) is 9.82. The van der Waals surface area contributed by atoms with E-state index in [9.17, 15) is 4.79 Å². The van der Waals surface area contributed by atoms with Crippen molar-refractivity contribution < 1.29 is 9.53 Å². The summed E-state index contributed by atoms with van der Waals surface area (Å²) in [6, 6.07) is 6.63. The van der Waals surface area contributed by atoms with Gasteiger partial charge in [0.25, 0.3) is 0 Å². The number of halogens is 1. The van der Waals surface area contributed by atoms with Gasteiger partial charge in [-0.2, -0.15) is 0 Å². The predicted octanol–water partition coefficient (Wildman–Crippen LogP) is 2.83. The molecule has 0 saturated heterocycles. The van der Waals surface area contributed by atoms with Crippen LogP contribution in [-0.4, -0.2) is 35.0 Å². The number of carbonyl (C=O) groups excluding carboxylic acids is 1. The fourth-order valence-electron chi connectivity index (χ4n) is 0.913. The second kappa shape index (κ2) is 6.83. The Hall–Kier alpha value is -0.780. The molecule has 0 spiro atoms. The van der Waals surface area contributed by atoms with E-state index in [2.05, 4.69) is 0 Å². The number of ether oxygens (including phenoxy) is 1. The van der Waals surface area contributed by atoms with E-state index in [1.165, 1.54) is 11.8 Å². The lowest BCUT2D eigenvalue weighted by Crippen LogP contribution is -2.19. The second-order valence-electron chi connectivity index (χ2n) is 3.38. The smallest absolute Gasteiger partial charge is 0.321 e. The van der Waals surface area contributed by atoms with Crippen LogP contribution in [0.2, 0.25) is 5.02 Å². The van der Waals surface area contributed by atoms with Crippen LogP contribution in [0.4, 0.5) is 0 Å². The topological polar surface area (TPSA) is 29.5 Å². The standard InChI is InChI=1S/C11H12ClNO2S2/c1-13(2)11(16)17-7-10(14)15-9-5-3-8(12)4-6-9/h3-6H,7H2,1-2H3. The van der Waals surface area contributed by atoms with Gasteiger partial charge in [-0.1, -0.05) is 35.6 Å². The minimum absolute atomic E-state index is 0.194. The lowest BCUT2D eigenvalue weighted by molar-refractivity contribution is -0.131. The zero-order valence-electron chi connectivity index (χ0n) is 9.47. The third kappa shape index (κ3) is 5.39. The molecule has 0 heterocycles. The Labute approximate surface area is 115 Å². The Kier molecular flexibility index (Phi) is 5.74. The van der Waals surface area contributed by atoms with Crippen LogP contribution >= 0.6 is 35.6 Å². The van der Waals surface area contributed by atoms with Gasteiger partial charge in [0, 0.05) is 19.1 Å². The molecule has 0 bridgehead atoms. The molecule has 6 heteroatoms. The number of rotatable bonds is 3. The van der Waals surface area contributed by atoms with Crippen molar-refractivity contribution in [2.75, 3.05) is 19.8 Å². The number of thioether (sulfide) groups is 1. The molecular formula is C11H12ClNO2S2. The van der Waals surface area contributed by atoms with E-state index < -0.39 is 0 Å². The van der Waals surface area contributed by atoms with Gasteiger partial charge < -0.3 is 9.64 Å². The van der Waals surface area contributed by atoms with Crippen LogP contribution in [-0.2, 0) is 4.79 Å². The summed E-state index contributed by atoms with van der Waals surface area (Å²) in [7, 11) is 3.67. The van der Waals surface area contributed by atoms with Crippen molar-refractivity contribution in [2.24, 2.45) is 0 Å². The summed E-state index contributed by atoms with van der Waals surface area (Å²) < 4.78 is 5.75. The van der Waals surface area contributed by atoms with E-state index in [1.54, 1.807) is 29.2 Å². The third-order valence-corrected chi connectivity index (χ3v) is 3.69. The highest BCUT2D eigenvalue weighted by molar-refractivity contribution is 8.23. The SMILES string of the molecule is CN(C)C(=S)SCC(=O)Oc1ccc(Cl)cc1. The number of thiocarbonyl (C=S) groups is 1. The van der Waals surface area contributed by atoms with Crippen LogP contribution in [0.25, 0.3) is 0 Å². The van der Waals surface area contributed by atoms with Gasteiger partial charge >= 0.3 is 5.97 Å². The Morgan fingerprint density at radius 2 is 2.00 bits per heavy atom. The van der Waals surface area contributed by atoms with Gasteiger partial charge in [0.2, 0.25) is 0 Å². The number of hydrogen-bond donors (Lipinski definition) is 0. The third-order valence-electron chi connectivity index (χ3n) is 1.72. The number of hydrogen-bond acceptors (Lipinski definition) is 4. The fourth-order valence-corrected chi connectivity index (χ4v) is 1.77. The van der Waals surface area contributed by atoms with Crippen LogP contribution in [0.1, 0.15) is 0 Å². The van der Waals surface area contributed by atoms with Gasteiger partial charge in [-0.05, 0) is 24.3 Å². The first-order valence-electron chi connectivity index (χ1n) is 4.79. The molecule has 0 fully saturated rings. The number of carbonyl (C=O) groups is 1. The molecule has 1 rings (SSSR count). The molecule has 0 aliphatic carbocycles. The van der Waals surface area contributed by atoms with Gasteiger partial charge in [-0.3, -0.25) is 4.79 Å². The van der Waals surface area contributed by atoms with E-state index in [0.29, 0.717) is 15.1 Å². The Morgan fingerprint density at radius 3 is 2.53 bits per heavy atom. The number of nitrogens with zero attached hydrogens (tertiary/aromatic N) is 1. The van der Waals surface area contributed by atoms with Crippen LogP contribution in [0.3, 0.4) is 0 Å². The Balaban J connectivity index is 2.40. The first-order chi connectivity index (χ1) is 7.99. The largest absolute Gasteiger partial charge is 0.426 e. The Bertz CT molecular complexity index is 406. The molecule has 0 aliphatic heterocycles. The molecule has 3 nitrogen and oxygen atoms in total. The highest BCUT2D eigenvalue weighted by Crippen LogP contribution is 2.16. The molecule has 0 unspecified atom stereocenters. The molecule has 0 amide bonds. The van der Waals surface area contributed by atoms with Crippen LogP contribution in [0.5, 0.6) is 5.75 Å². The van der Waals surface area contributed by atoms with Gasteiger partial charge in [0.05, 0.1) is 5.75 Å². The van der Waals surface area contributed by atoms with Gasteiger partial charge in [0.1, 0.15) is 10.1 Å². The fraction of sp³-hybridized carbons (Fsp3) is 0.273. The monoisotopic (exact) mass is 289 g/mol. The van der Waals surface area contributed by atoms with E-state index in [-0.39, 0.29) is 11.7 Å². The average Bonchev–Trinajstić information content (AvgIpc) is 2.29.